The number of hydrogen-bond acceptors (Lipinski definition) is 2. The number of sulfone groups is 1. The van der Waals surface area contributed by atoms with Gasteiger partial charge in [-0.3, -0.25) is 4.85 Å². The van der Waals surface area contributed by atoms with Gasteiger partial charge in [-0.25, -0.2) is 15.0 Å². The van der Waals surface area contributed by atoms with Gasteiger partial charge < -0.3 is 0 Å². The highest BCUT2D eigenvalue weighted by atomic mass is 32.2. The normalized spacial score (nSPS) is 13.1. The molecule has 0 saturated carbocycles. The molecule has 0 saturated heterocycles. The topological polar surface area (TPSA) is 38.5 Å². The van der Waals surface area contributed by atoms with Gasteiger partial charge in [-0.2, -0.15) is 0 Å². The fourth-order valence-corrected chi connectivity index (χ4v) is 2.11. The van der Waals surface area contributed by atoms with E-state index >= 15 is 0 Å². The minimum atomic E-state index is -3.32. The third-order valence-electron chi connectivity index (χ3n) is 2.05. The predicted molar refractivity (Wildman–Crippen MR) is 55.2 cm³/mol. The lowest BCUT2D eigenvalue weighted by molar-refractivity contribution is 0.589. The average molecular weight is 209 g/mol. The molecule has 14 heavy (non-hydrogen) atoms. The van der Waals surface area contributed by atoms with E-state index in [9.17, 15) is 8.42 Å². The summed E-state index contributed by atoms with van der Waals surface area (Å²) < 4.78 is 23.0. The lowest BCUT2D eigenvalue weighted by Gasteiger charge is -2.08. The zero-order chi connectivity index (χ0) is 10.6. The quantitative estimate of drug-likeness (QED) is 0.714. The Morgan fingerprint density at radius 3 is 2.43 bits per heavy atom. The molecule has 1 aromatic rings. The van der Waals surface area contributed by atoms with E-state index in [4.69, 9.17) is 6.57 Å². The van der Waals surface area contributed by atoms with E-state index in [-0.39, 0.29) is 0 Å². The highest BCUT2D eigenvalue weighted by Gasteiger charge is 2.24. The summed E-state index contributed by atoms with van der Waals surface area (Å²) in [6, 6.07) is 8.93. The van der Waals surface area contributed by atoms with Crippen molar-refractivity contribution >= 4 is 9.84 Å². The van der Waals surface area contributed by atoms with Crippen molar-refractivity contribution in [2.45, 2.75) is 12.2 Å². The lowest BCUT2D eigenvalue weighted by Crippen LogP contribution is -2.12. The second-order valence-corrected chi connectivity index (χ2v) is 5.29. The fraction of sp³-hybridized carbons (Fsp3) is 0.300. The number of rotatable bonds is 3. The predicted octanol–water partition coefficient (Wildman–Crippen LogP) is 2.04. The van der Waals surface area contributed by atoms with Gasteiger partial charge in [0.25, 0.3) is 0 Å². The van der Waals surface area contributed by atoms with Crippen LogP contribution in [0.4, 0.5) is 0 Å². The van der Waals surface area contributed by atoms with Crippen molar-refractivity contribution in [2.75, 3.05) is 5.88 Å². The molecular formula is C10H11NO2S. The van der Waals surface area contributed by atoms with Gasteiger partial charge >= 0.3 is 5.88 Å². The van der Waals surface area contributed by atoms with Crippen LogP contribution in [-0.4, -0.2) is 14.3 Å². The average Bonchev–Trinajstić information content (AvgIpc) is 2.18. The first-order valence-electron chi connectivity index (χ1n) is 4.17. The van der Waals surface area contributed by atoms with Crippen molar-refractivity contribution in [3.8, 4) is 0 Å². The zero-order valence-electron chi connectivity index (χ0n) is 7.84. The Kier molecular flexibility index (Phi) is 3.26. The molecule has 0 spiro atoms. The standard InChI is InChI=1S/C10H11NO2S/c1-9(14(12,13)8-11-2)10-6-4-3-5-7-10/h3-7,9H,8H2,1H3. The first-order valence-corrected chi connectivity index (χ1v) is 5.89. The first kappa shape index (κ1) is 10.7. The minimum absolute atomic E-state index is 0.441. The Morgan fingerprint density at radius 2 is 1.93 bits per heavy atom. The van der Waals surface area contributed by atoms with E-state index in [1.54, 1.807) is 31.2 Å². The molecule has 1 rings (SSSR count). The molecular weight excluding hydrogens is 198 g/mol. The van der Waals surface area contributed by atoms with Gasteiger partial charge in [0.05, 0.1) is 5.25 Å². The summed E-state index contributed by atoms with van der Waals surface area (Å²) in [5, 5.41) is -0.599. The molecule has 0 fully saturated rings. The Bertz CT molecular complexity index is 431. The van der Waals surface area contributed by atoms with Gasteiger partial charge in [0, 0.05) is 0 Å². The maximum atomic E-state index is 11.5. The van der Waals surface area contributed by atoms with Crippen molar-refractivity contribution in [3.63, 3.8) is 0 Å². The van der Waals surface area contributed by atoms with Gasteiger partial charge in [-0.1, -0.05) is 30.3 Å². The second kappa shape index (κ2) is 4.25. The summed E-state index contributed by atoms with van der Waals surface area (Å²) >= 11 is 0. The number of nitrogens with zero attached hydrogens (tertiary/aromatic N) is 1. The van der Waals surface area contributed by atoms with Crippen LogP contribution in [0.1, 0.15) is 17.7 Å². The highest BCUT2D eigenvalue weighted by molar-refractivity contribution is 7.91. The molecule has 0 amide bonds. The van der Waals surface area contributed by atoms with Gasteiger partial charge in [0.15, 0.2) is 0 Å². The molecule has 74 valence electrons. The summed E-state index contributed by atoms with van der Waals surface area (Å²) in [6.45, 7) is 8.17. The van der Waals surface area contributed by atoms with Crippen molar-refractivity contribution in [1.29, 1.82) is 0 Å². The van der Waals surface area contributed by atoms with Gasteiger partial charge in [0.1, 0.15) is 0 Å². The van der Waals surface area contributed by atoms with Crippen LogP contribution >= 0.6 is 0 Å². The van der Waals surface area contributed by atoms with E-state index in [1.807, 2.05) is 6.07 Å². The summed E-state index contributed by atoms with van der Waals surface area (Å²) in [6.07, 6.45) is 0. The van der Waals surface area contributed by atoms with Crippen molar-refractivity contribution in [1.82, 2.24) is 0 Å². The maximum Gasteiger partial charge on any atom is 0.312 e. The second-order valence-electron chi connectivity index (χ2n) is 3.00. The molecule has 0 bridgehead atoms. The Hall–Kier alpha value is -1.34. The molecule has 1 atom stereocenters. The molecule has 4 heteroatoms. The Balaban J connectivity index is 2.98. The van der Waals surface area contributed by atoms with Crippen LogP contribution < -0.4 is 0 Å². The van der Waals surface area contributed by atoms with E-state index in [1.165, 1.54) is 0 Å². The molecule has 0 N–H and O–H groups in total. The molecule has 0 aliphatic rings. The van der Waals surface area contributed by atoms with E-state index in [0.29, 0.717) is 0 Å². The largest absolute Gasteiger partial charge is 0.312 e. The SMILES string of the molecule is [C-]#[N+]CS(=O)(=O)C(C)c1ccccc1. The number of hydrogen-bond donors (Lipinski definition) is 0. The van der Waals surface area contributed by atoms with Gasteiger partial charge in [-0.15, -0.1) is 0 Å². The minimum Gasteiger partial charge on any atom is -0.300 e. The van der Waals surface area contributed by atoms with E-state index in [2.05, 4.69) is 4.85 Å². The van der Waals surface area contributed by atoms with Crippen LogP contribution in [-0.2, 0) is 9.84 Å². The molecule has 1 unspecified atom stereocenters. The first-order chi connectivity index (χ1) is 6.58. The molecule has 3 nitrogen and oxygen atoms in total. The van der Waals surface area contributed by atoms with Crippen LogP contribution in [0.25, 0.3) is 4.85 Å². The lowest BCUT2D eigenvalue weighted by atomic mass is 10.2. The molecule has 0 aliphatic carbocycles. The Morgan fingerprint density at radius 1 is 1.36 bits per heavy atom. The van der Waals surface area contributed by atoms with Crippen molar-refractivity contribution < 1.29 is 8.42 Å². The fourth-order valence-electron chi connectivity index (χ4n) is 1.13. The molecule has 1 aromatic carbocycles. The van der Waals surface area contributed by atoms with Crippen LogP contribution in [0.3, 0.4) is 0 Å². The summed E-state index contributed by atoms with van der Waals surface area (Å²) in [4.78, 5) is 2.92. The van der Waals surface area contributed by atoms with Gasteiger partial charge in [0.2, 0.25) is 9.84 Å². The molecule has 0 heterocycles. The van der Waals surface area contributed by atoms with Crippen LogP contribution in [0.15, 0.2) is 30.3 Å². The monoisotopic (exact) mass is 209 g/mol. The van der Waals surface area contributed by atoms with E-state index in [0.717, 1.165) is 5.56 Å². The summed E-state index contributed by atoms with van der Waals surface area (Å²) in [5.41, 5.74) is 0.733. The Labute approximate surface area is 84.1 Å². The number of benzene rings is 1. The van der Waals surface area contributed by atoms with Crippen LogP contribution in [0, 0.1) is 6.57 Å². The van der Waals surface area contributed by atoms with Crippen LogP contribution in [0.5, 0.6) is 0 Å². The van der Waals surface area contributed by atoms with Crippen molar-refractivity contribution in [2.24, 2.45) is 0 Å². The summed E-state index contributed by atoms with van der Waals surface area (Å²) in [7, 11) is -3.32. The molecule has 0 radical (unpaired) electrons. The third kappa shape index (κ3) is 2.33. The smallest absolute Gasteiger partial charge is 0.300 e. The zero-order valence-corrected chi connectivity index (χ0v) is 8.66. The summed E-state index contributed by atoms with van der Waals surface area (Å²) in [5.74, 6) is -0.441. The van der Waals surface area contributed by atoms with Crippen molar-refractivity contribution in [3.05, 3.63) is 47.3 Å². The highest BCUT2D eigenvalue weighted by Crippen LogP contribution is 2.21. The molecule has 0 aromatic heterocycles. The third-order valence-corrected chi connectivity index (χ3v) is 3.89. The van der Waals surface area contributed by atoms with Crippen LogP contribution in [0.2, 0.25) is 0 Å². The van der Waals surface area contributed by atoms with Gasteiger partial charge in [-0.05, 0) is 12.5 Å². The maximum absolute atomic E-state index is 11.5. The molecule has 0 aliphatic heterocycles. The van der Waals surface area contributed by atoms with E-state index < -0.39 is 21.0 Å².